The second-order valence-corrected chi connectivity index (χ2v) is 5.57. The van der Waals surface area contributed by atoms with Gasteiger partial charge in [0.2, 0.25) is 0 Å². The van der Waals surface area contributed by atoms with Crippen LogP contribution in [-0.4, -0.2) is 43.1 Å². The van der Waals surface area contributed by atoms with Gasteiger partial charge in [-0.05, 0) is 25.3 Å². The van der Waals surface area contributed by atoms with Crippen LogP contribution in [0.5, 0.6) is 0 Å². The van der Waals surface area contributed by atoms with Crippen molar-refractivity contribution in [3.8, 4) is 0 Å². The Labute approximate surface area is 131 Å². The summed E-state index contributed by atoms with van der Waals surface area (Å²) in [6, 6.07) is 8.04. The van der Waals surface area contributed by atoms with Crippen molar-refractivity contribution in [3.05, 3.63) is 35.4 Å². The van der Waals surface area contributed by atoms with Crippen molar-refractivity contribution in [2.24, 2.45) is 0 Å². The molecule has 1 heterocycles. The number of aryl methyl sites for hydroxylation is 1. The van der Waals surface area contributed by atoms with Crippen LogP contribution in [0.3, 0.4) is 0 Å². The van der Waals surface area contributed by atoms with E-state index in [1.807, 2.05) is 31.2 Å². The van der Waals surface area contributed by atoms with Gasteiger partial charge in [0.05, 0.1) is 13.5 Å². The Hall–Kier alpha value is -1.88. The minimum atomic E-state index is -0.372. The summed E-state index contributed by atoms with van der Waals surface area (Å²) in [5.41, 5.74) is 2.22. The summed E-state index contributed by atoms with van der Waals surface area (Å²) in [5.74, 6) is -0.351. The smallest absolute Gasteiger partial charge is 0.307 e. The zero-order chi connectivity index (χ0) is 15.9. The number of rotatable bonds is 6. The molecule has 0 N–H and O–H groups in total. The van der Waals surface area contributed by atoms with E-state index in [0.717, 1.165) is 18.4 Å². The van der Waals surface area contributed by atoms with Gasteiger partial charge in [-0.3, -0.25) is 9.59 Å². The fraction of sp³-hybridized carbons (Fsp3) is 0.529. The van der Waals surface area contributed by atoms with Crippen molar-refractivity contribution in [1.29, 1.82) is 0 Å². The van der Waals surface area contributed by atoms with Crippen LogP contribution < -0.4 is 0 Å². The number of nitrogens with zero attached hydrogens (tertiary/aromatic N) is 1. The predicted molar refractivity (Wildman–Crippen MR) is 82.2 cm³/mol. The van der Waals surface area contributed by atoms with E-state index in [-0.39, 0.29) is 24.4 Å². The molecule has 1 aromatic carbocycles. The largest absolute Gasteiger partial charge is 0.469 e. The first-order valence-corrected chi connectivity index (χ1v) is 7.63. The lowest BCUT2D eigenvalue weighted by Gasteiger charge is -2.25. The van der Waals surface area contributed by atoms with Crippen molar-refractivity contribution < 1.29 is 19.1 Å². The number of benzene rings is 1. The summed E-state index contributed by atoms with van der Waals surface area (Å²) >= 11 is 0. The number of hydrogen-bond acceptors (Lipinski definition) is 4. The number of hydrogen-bond donors (Lipinski definition) is 0. The third kappa shape index (κ3) is 4.56. The number of amides is 1. The Morgan fingerprint density at radius 2 is 2.05 bits per heavy atom. The molecule has 1 saturated heterocycles. The maximum atomic E-state index is 12.6. The van der Waals surface area contributed by atoms with Crippen LogP contribution in [-0.2, 0) is 25.6 Å². The molecule has 22 heavy (non-hydrogen) atoms. The Morgan fingerprint density at radius 3 is 2.64 bits per heavy atom. The standard InChI is InChI=1S/C17H23NO4/c1-13-5-7-14(8-6-13)12-18(10-9-16(19)21-2)17(20)15-4-3-11-22-15/h5-8,15H,3-4,9-12H2,1-2H3. The van der Waals surface area contributed by atoms with Crippen molar-refractivity contribution in [2.45, 2.75) is 38.8 Å². The molecular formula is C17H23NO4. The highest BCUT2D eigenvalue weighted by atomic mass is 16.5. The molecule has 0 aliphatic carbocycles. The second-order valence-electron chi connectivity index (χ2n) is 5.57. The number of esters is 1. The molecule has 1 amide bonds. The first kappa shape index (κ1) is 16.5. The van der Waals surface area contributed by atoms with Gasteiger partial charge in [0.15, 0.2) is 0 Å². The molecule has 1 aromatic rings. The van der Waals surface area contributed by atoms with Gasteiger partial charge in [-0.15, -0.1) is 0 Å². The highest BCUT2D eigenvalue weighted by Gasteiger charge is 2.28. The molecule has 1 atom stereocenters. The molecule has 1 unspecified atom stereocenters. The fourth-order valence-electron chi connectivity index (χ4n) is 2.49. The summed E-state index contributed by atoms with van der Waals surface area (Å²) in [7, 11) is 1.36. The highest BCUT2D eigenvalue weighted by Crippen LogP contribution is 2.17. The minimum absolute atomic E-state index is 0.0398. The molecule has 1 aliphatic rings. The second kappa shape index (κ2) is 7.94. The zero-order valence-corrected chi connectivity index (χ0v) is 13.2. The third-order valence-corrected chi connectivity index (χ3v) is 3.82. The van der Waals surface area contributed by atoms with E-state index in [1.54, 1.807) is 4.90 Å². The SMILES string of the molecule is COC(=O)CCN(Cc1ccc(C)cc1)C(=O)C1CCCO1. The molecular weight excluding hydrogens is 282 g/mol. The van der Waals surface area contributed by atoms with Crippen LogP contribution in [0.15, 0.2) is 24.3 Å². The van der Waals surface area contributed by atoms with Crippen LogP contribution in [0.2, 0.25) is 0 Å². The van der Waals surface area contributed by atoms with Gasteiger partial charge in [-0.25, -0.2) is 0 Å². The average molecular weight is 305 g/mol. The monoisotopic (exact) mass is 305 g/mol. The van der Waals surface area contributed by atoms with Crippen LogP contribution in [0.25, 0.3) is 0 Å². The van der Waals surface area contributed by atoms with E-state index in [0.29, 0.717) is 19.7 Å². The molecule has 1 aliphatic heterocycles. The van der Waals surface area contributed by atoms with Gasteiger partial charge >= 0.3 is 5.97 Å². The maximum Gasteiger partial charge on any atom is 0.307 e. The normalized spacial score (nSPS) is 17.3. The zero-order valence-electron chi connectivity index (χ0n) is 13.2. The Kier molecular flexibility index (Phi) is 5.95. The Morgan fingerprint density at radius 1 is 1.32 bits per heavy atom. The van der Waals surface area contributed by atoms with Crippen molar-refractivity contribution in [1.82, 2.24) is 4.90 Å². The van der Waals surface area contributed by atoms with Crippen LogP contribution in [0.1, 0.15) is 30.4 Å². The molecule has 1 fully saturated rings. The third-order valence-electron chi connectivity index (χ3n) is 3.82. The first-order chi connectivity index (χ1) is 10.6. The molecule has 0 saturated carbocycles. The highest BCUT2D eigenvalue weighted by molar-refractivity contribution is 5.81. The molecule has 5 nitrogen and oxygen atoms in total. The van der Waals surface area contributed by atoms with Gasteiger partial charge in [-0.1, -0.05) is 29.8 Å². The van der Waals surface area contributed by atoms with E-state index in [1.165, 1.54) is 12.7 Å². The topological polar surface area (TPSA) is 55.8 Å². The molecule has 120 valence electrons. The lowest BCUT2D eigenvalue weighted by Crippen LogP contribution is -2.39. The van der Waals surface area contributed by atoms with E-state index < -0.39 is 0 Å². The van der Waals surface area contributed by atoms with E-state index in [9.17, 15) is 9.59 Å². The molecule has 5 heteroatoms. The lowest BCUT2D eigenvalue weighted by atomic mass is 10.1. The fourth-order valence-corrected chi connectivity index (χ4v) is 2.49. The number of carbonyl (C=O) groups is 2. The molecule has 0 radical (unpaired) electrons. The number of methoxy groups -OCH3 is 1. The predicted octanol–water partition coefficient (Wildman–Crippen LogP) is 2.07. The van der Waals surface area contributed by atoms with Crippen LogP contribution in [0.4, 0.5) is 0 Å². The summed E-state index contributed by atoms with van der Waals surface area (Å²) in [4.78, 5) is 25.6. The first-order valence-electron chi connectivity index (χ1n) is 7.63. The van der Waals surface area contributed by atoms with Crippen LogP contribution in [0, 0.1) is 6.92 Å². The van der Waals surface area contributed by atoms with E-state index in [2.05, 4.69) is 4.74 Å². The minimum Gasteiger partial charge on any atom is -0.469 e. The van der Waals surface area contributed by atoms with Gasteiger partial charge in [0, 0.05) is 19.7 Å². The number of ether oxygens (including phenoxy) is 2. The molecule has 0 spiro atoms. The molecule has 2 rings (SSSR count). The van der Waals surface area contributed by atoms with E-state index >= 15 is 0 Å². The van der Waals surface area contributed by atoms with Crippen molar-refractivity contribution in [2.75, 3.05) is 20.3 Å². The summed E-state index contributed by atoms with van der Waals surface area (Å²) in [5, 5.41) is 0. The van der Waals surface area contributed by atoms with Gasteiger partial charge in [0.25, 0.3) is 5.91 Å². The lowest BCUT2D eigenvalue weighted by molar-refractivity contribution is -0.144. The molecule has 0 bridgehead atoms. The van der Waals surface area contributed by atoms with Gasteiger partial charge in [-0.2, -0.15) is 0 Å². The van der Waals surface area contributed by atoms with Gasteiger partial charge < -0.3 is 14.4 Å². The summed E-state index contributed by atoms with van der Waals surface area (Å²) in [6.45, 7) is 3.48. The summed E-state index contributed by atoms with van der Waals surface area (Å²) < 4.78 is 10.1. The van der Waals surface area contributed by atoms with E-state index in [4.69, 9.17) is 4.74 Å². The average Bonchev–Trinajstić information content (AvgIpc) is 3.06. The quantitative estimate of drug-likeness (QED) is 0.755. The van der Waals surface area contributed by atoms with Gasteiger partial charge in [0.1, 0.15) is 6.10 Å². The number of carbonyl (C=O) groups excluding carboxylic acids is 2. The van der Waals surface area contributed by atoms with Crippen molar-refractivity contribution in [3.63, 3.8) is 0 Å². The van der Waals surface area contributed by atoms with Crippen molar-refractivity contribution >= 4 is 11.9 Å². The molecule has 0 aromatic heterocycles. The van der Waals surface area contributed by atoms with Crippen LogP contribution >= 0.6 is 0 Å². The Bertz CT molecular complexity index is 506. The summed E-state index contributed by atoms with van der Waals surface area (Å²) in [6.07, 6.45) is 1.48. The Balaban J connectivity index is 2.04. The maximum absolute atomic E-state index is 12.6.